The van der Waals surface area contributed by atoms with Crippen LogP contribution in [0.15, 0.2) is 24.5 Å². The van der Waals surface area contributed by atoms with Gasteiger partial charge in [0.1, 0.15) is 5.82 Å². The smallest absolute Gasteiger partial charge is 0.410 e. The molecule has 2 aromatic heterocycles. The Morgan fingerprint density at radius 1 is 1.30 bits per heavy atom. The van der Waals surface area contributed by atoms with Crippen LogP contribution in [-0.2, 0) is 6.42 Å². The summed E-state index contributed by atoms with van der Waals surface area (Å²) < 4.78 is 15.0. The van der Waals surface area contributed by atoms with Crippen LogP contribution in [0.2, 0.25) is 0 Å². The summed E-state index contributed by atoms with van der Waals surface area (Å²) in [6, 6.07) is 3.08. The number of hydrogen-bond donors (Lipinski definition) is 4. The number of carboxylic acid groups (broad SMARTS) is 1. The zero-order chi connectivity index (χ0) is 19.3. The second-order valence-electron chi connectivity index (χ2n) is 6.58. The van der Waals surface area contributed by atoms with E-state index in [9.17, 15) is 9.90 Å². The number of anilines is 2. The lowest BCUT2D eigenvalue weighted by Gasteiger charge is -2.15. The molecule has 3 aromatic rings. The molecule has 1 atom stereocenters. The van der Waals surface area contributed by atoms with E-state index in [2.05, 4.69) is 15.3 Å². The lowest BCUT2D eigenvalue weighted by atomic mass is 9.94. The number of carbonyl (C=O) groups is 1. The van der Waals surface area contributed by atoms with E-state index in [0.29, 0.717) is 29.2 Å². The number of fused-ring (bicyclic) bond motifs is 2. The van der Waals surface area contributed by atoms with Crippen molar-refractivity contribution in [2.45, 2.75) is 25.9 Å². The minimum Gasteiger partial charge on any atom is -0.465 e. The fraction of sp³-hybridized carbons (Fsp3) is 0.211. The van der Waals surface area contributed by atoms with Crippen LogP contribution < -0.4 is 11.1 Å². The van der Waals surface area contributed by atoms with Crippen molar-refractivity contribution < 1.29 is 19.4 Å². The standard InChI is InChI=1S/C19H17FN4O3/c1-8-11(6-22-13-2-3-14(25)16(8)13)10-4-9-5-15(24-19(26)27)23-7-12(9)18(21)17(10)20/h4-7,14,25H,2-3,21H2,1H3,(H,23,24)(H,26,27)/t14-/m0/s1. The van der Waals surface area contributed by atoms with E-state index < -0.39 is 18.0 Å². The summed E-state index contributed by atoms with van der Waals surface area (Å²) in [5, 5.41) is 22.2. The lowest BCUT2D eigenvalue weighted by Crippen LogP contribution is -2.08. The van der Waals surface area contributed by atoms with E-state index in [1.165, 1.54) is 12.3 Å². The van der Waals surface area contributed by atoms with E-state index in [0.717, 1.165) is 16.8 Å². The molecular weight excluding hydrogens is 351 g/mol. The van der Waals surface area contributed by atoms with Gasteiger partial charge in [-0.1, -0.05) is 0 Å². The molecule has 1 aromatic carbocycles. The Labute approximate surface area is 153 Å². The third kappa shape index (κ3) is 2.74. The average Bonchev–Trinajstić information content (AvgIpc) is 3.00. The molecule has 1 amide bonds. The zero-order valence-corrected chi connectivity index (χ0v) is 14.5. The van der Waals surface area contributed by atoms with Crippen molar-refractivity contribution >= 4 is 28.4 Å². The molecular formula is C19H17FN4O3. The van der Waals surface area contributed by atoms with E-state index in [1.807, 2.05) is 6.92 Å². The van der Waals surface area contributed by atoms with E-state index in [4.69, 9.17) is 10.8 Å². The molecule has 1 aliphatic carbocycles. The van der Waals surface area contributed by atoms with Crippen LogP contribution in [0.1, 0.15) is 29.3 Å². The molecule has 0 fully saturated rings. The SMILES string of the molecule is Cc1c(-c2cc3cc(NC(=O)O)ncc3c(N)c2F)cnc2c1[C@@H](O)CC2. The molecule has 8 heteroatoms. The molecule has 4 rings (SSSR count). The minimum absolute atomic E-state index is 0.0719. The van der Waals surface area contributed by atoms with Gasteiger partial charge in [-0.05, 0) is 42.8 Å². The summed E-state index contributed by atoms with van der Waals surface area (Å²) in [6.07, 6.45) is 2.36. The number of benzene rings is 1. The lowest BCUT2D eigenvalue weighted by molar-refractivity contribution is 0.179. The van der Waals surface area contributed by atoms with Gasteiger partial charge >= 0.3 is 6.09 Å². The van der Waals surface area contributed by atoms with Crippen molar-refractivity contribution in [3.8, 4) is 11.1 Å². The van der Waals surface area contributed by atoms with Gasteiger partial charge in [0.2, 0.25) is 0 Å². The van der Waals surface area contributed by atoms with Crippen LogP contribution in [0.25, 0.3) is 21.9 Å². The Hall–Kier alpha value is -3.26. The van der Waals surface area contributed by atoms with Crippen molar-refractivity contribution in [3.63, 3.8) is 0 Å². The molecule has 5 N–H and O–H groups in total. The van der Waals surface area contributed by atoms with Crippen molar-refractivity contribution in [2.75, 3.05) is 11.1 Å². The predicted octanol–water partition coefficient (Wildman–Crippen LogP) is 3.40. The van der Waals surface area contributed by atoms with Gasteiger partial charge in [0.05, 0.1) is 11.8 Å². The van der Waals surface area contributed by atoms with Gasteiger partial charge in [-0.25, -0.2) is 14.2 Å². The van der Waals surface area contributed by atoms with Crippen LogP contribution in [-0.4, -0.2) is 26.3 Å². The number of nitrogens with zero attached hydrogens (tertiary/aromatic N) is 2. The van der Waals surface area contributed by atoms with Crippen LogP contribution in [0, 0.1) is 12.7 Å². The van der Waals surface area contributed by atoms with Gasteiger partial charge in [0.25, 0.3) is 0 Å². The summed E-state index contributed by atoms with van der Waals surface area (Å²) in [7, 11) is 0. The maximum atomic E-state index is 15.0. The normalized spacial score (nSPS) is 15.7. The average molecular weight is 368 g/mol. The number of aryl methyl sites for hydroxylation is 1. The first kappa shape index (κ1) is 17.2. The van der Waals surface area contributed by atoms with Crippen molar-refractivity contribution in [3.05, 3.63) is 47.2 Å². The van der Waals surface area contributed by atoms with E-state index in [-0.39, 0.29) is 17.1 Å². The number of halogens is 1. The zero-order valence-electron chi connectivity index (χ0n) is 14.5. The molecule has 138 valence electrons. The summed E-state index contributed by atoms with van der Waals surface area (Å²) in [5.41, 5.74) is 9.04. The van der Waals surface area contributed by atoms with Crippen LogP contribution >= 0.6 is 0 Å². The number of aromatic nitrogens is 2. The van der Waals surface area contributed by atoms with E-state index >= 15 is 4.39 Å². The highest BCUT2D eigenvalue weighted by molar-refractivity contribution is 5.99. The van der Waals surface area contributed by atoms with Crippen LogP contribution in [0.3, 0.4) is 0 Å². The van der Waals surface area contributed by atoms with Crippen molar-refractivity contribution in [2.24, 2.45) is 0 Å². The molecule has 1 aliphatic rings. The number of rotatable bonds is 2. The van der Waals surface area contributed by atoms with Gasteiger partial charge in [-0.2, -0.15) is 0 Å². The van der Waals surface area contributed by atoms with E-state index in [1.54, 1.807) is 12.3 Å². The molecule has 0 radical (unpaired) electrons. The summed E-state index contributed by atoms with van der Waals surface area (Å²) >= 11 is 0. The van der Waals surface area contributed by atoms with Crippen molar-refractivity contribution in [1.82, 2.24) is 9.97 Å². The number of nitrogens with two attached hydrogens (primary N) is 1. The molecule has 7 nitrogen and oxygen atoms in total. The Balaban J connectivity index is 1.93. The molecule has 0 aliphatic heterocycles. The minimum atomic E-state index is -1.25. The van der Waals surface area contributed by atoms with Crippen molar-refractivity contribution in [1.29, 1.82) is 0 Å². The highest BCUT2D eigenvalue weighted by atomic mass is 19.1. The summed E-state index contributed by atoms with van der Waals surface area (Å²) in [6.45, 7) is 1.83. The third-order valence-corrected chi connectivity index (χ3v) is 4.98. The Bertz CT molecular complexity index is 1100. The molecule has 0 saturated carbocycles. The molecule has 0 unspecified atom stereocenters. The van der Waals surface area contributed by atoms with Gasteiger partial charge in [-0.3, -0.25) is 10.3 Å². The molecule has 0 saturated heterocycles. The molecule has 2 heterocycles. The quantitative estimate of drug-likeness (QED) is 0.515. The second kappa shape index (κ2) is 6.17. The number of pyridine rings is 2. The number of nitrogen functional groups attached to an aromatic ring is 1. The first-order valence-electron chi connectivity index (χ1n) is 8.41. The second-order valence-corrected chi connectivity index (χ2v) is 6.58. The maximum absolute atomic E-state index is 15.0. The highest BCUT2D eigenvalue weighted by Crippen LogP contribution is 2.40. The number of nitrogens with one attached hydrogen (secondary N) is 1. The summed E-state index contributed by atoms with van der Waals surface area (Å²) in [5.74, 6) is -0.480. The molecule has 0 spiro atoms. The van der Waals surface area contributed by atoms with Gasteiger partial charge in [0.15, 0.2) is 5.82 Å². The fourth-order valence-electron chi connectivity index (χ4n) is 3.67. The topological polar surface area (TPSA) is 121 Å². The number of hydrogen-bond acceptors (Lipinski definition) is 5. The first-order valence-corrected chi connectivity index (χ1v) is 8.41. The Morgan fingerprint density at radius 3 is 2.81 bits per heavy atom. The number of aliphatic hydroxyl groups excluding tert-OH is 1. The fourth-order valence-corrected chi connectivity index (χ4v) is 3.67. The largest absolute Gasteiger partial charge is 0.465 e. The van der Waals surface area contributed by atoms with Gasteiger partial charge < -0.3 is 15.9 Å². The Morgan fingerprint density at radius 2 is 2.07 bits per heavy atom. The third-order valence-electron chi connectivity index (χ3n) is 4.98. The van der Waals surface area contributed by atoms with Gasteiger partial charge in [-0.15, -0.1) is 0 Å². The first-order chi connectivity index (χ1) is 12.9. The van der Waals surface area contributed by atoms with Crippen LogP contribution in [0.5, 0.6) is 0 Å². The monoisotopic (exact) mass is 368 g/mol. The molecule has 27 heavy (non-hydrogen) atoms. The van der Waals surface area contributed by atoms with Crippen LogP contribution in [0.4, 0.5) is 20.7 Å². The predicted molar refractivity (Wildman–Crippen MR) is 99.0 cm³/mol. The summed E-state index contributed by atoms with van der Waals surface area (Å²) in [4.78, 5) is 19.2. The molecule has 0 bridgehead atoms. The number of aliphatic hydroxyl groups is 1. The highest BCUT2D eigenvalue weighted by Gasteiger charge is 2.26. The van der Waals surface area contributed by atoms with Gasteiger partial charge in [0, 0.05) is 40.2 Å². The maximum Gasteiger partial charge on any atom is 0.410 e. The Kier molecular flexibility index (Phi) is 3.92. The number of amides is 1.